The number of rotatable bonds is 8. The maximum atomic E-state index is 14.2. The highest BCUT2D eigenvalue weighted by molar-refractivity contribution is 5.88. The fourth-order valence-corrected chi connectivity index (χ4v) is 3.61. The molecule has 0 aliphatic heterocycles. The number of aryl methyl sites for hydroxylation is 1. The van der Waals surface area contributed by atoms with Crippen molar-refractivity contribution in [2.24, 2.45) is 0 Å². The molecular formula is C25H27FN2O2. The summed E-state index contributed by atoms with van der Waals surface area (Å²) < 4.78 is 14.2. The van der Waals surface area contributed by atoms with Gasteiger partial charge >= 0.3 is 0 Å². The lowest BCUT2D eigenvalue weighted by molar-refractivity contribution is -0.140. The van der Waals surface area contributed by atoms with Crippen LogP contribution in [-0.4, -0.2) is 29.3 Å². The van der Waals surface area contributed by atoms with Crippen LogP contribution in [-0.2, 0) is 22.6 Å². The molecule has 3 aromatic carbocycles. The van der Waals surface area contributed by atoms with Crippen molar-refractivity contribution in [2.75, 3.05) is 6.54 Å². The largest absolute Gasteiger partial charge is 0.355 e. The highest BCUT2D eigenvalue weighted by atomic mass is 19.1. The molecule has 0 fully saturated rings. The van der Waals surface area contributed by atoms with Crippen LogP contribution in [0.25, 0.3) is 10.8 Å². The number of hydrogen-bond acceptors (Lipinski definition) is 2. The summed E-state index contributed by atoms with van der Waals surface area (Å²) in [6.45, 7) is 4.04. The van der Waals surface area contributed by atoms with Gasteiger partial charge in [-0.1, -0.05) is 60.7 Å². The summed E-state index contributed by atoms with van der Waals surface area (Å²) in [7, 11) is 0. The van der Waals surface area contributed by atoms with Gasteiger partial charge in [0.1, 0.15) is 11.9 Å². The van der Waals surface area contributed by atoms with E-state index in [0.717, 1.165) is 16.3 Å². The molecule has 2 amide bonds. The van der Waals surface area contributed by atoms with E-state index in [1.165, 1.54) is 11.0 Å². The minimum Gasteiger partial charge on any atom is -0.355 e. The predicted molar refractivity (Wildman–Crippen MR) is 117 cm³/mol. The summed E-state index contributed by atoms with van der Waals surface area (Å²) in [5, 5.41) is 4.99. The molecule has 0 radical (unpaired) electrons. The highest BCUT2D eigenvalue weighted by Crippen LogP contribution is 2.21. The molecule has 0 aromatic heterocycles. The highest BCUT2D eigenvalue weighted by Gasteiger charge is 2.26. The van der Waals surface area contributed by atoms with Crippen molar-refractivity contribution >= 4 is 22.6 Å². The van der Waals surface area contributed by atoms with Crippen LogP contribution >= 0.6 is 0 Å². The first kappa shape index (κ1) is 21.5. The van der Waals surface area contributed by atoms with Crippen LogP contribution in [0, 0.1) is 5.82 Å². The van der Waals surface area contributed by atoms with E-state index in [1.807, 2.05) is 49.4 Å². The summed E-state index contributed by atoms with van der Waals surface area (Å²) >= 11 is 0. The Kier molecular flexibility index (Phi) is 7.17. The number of likely N-dealkylation sites (N-methyl/N-ethyl adjacent to an activating group) is 1. The number of nitrogens with zero attached hydrogens (tertiary/aromatic N) is 1. The summed E-state index contributed by atoms with van der Waals surface area (Å²) in [4.78, 5) is 27.0. The van der Waals surface area contributed by atoms with E-state index in [4.69, 9.17) is 0 Å². The molecule has 0 heterocycles. The first-order chi connectivity index (χ1) is 14.5. The van der Waals surface area contributed by atoms with Crippen molar-refractivity contribution in [3.63, 3.8) is 0 Å². The fraction of sp³-hybridized carbons (Fsp3) is 0.280. The van der Waals surface area contributed by atoms with Crippen molar-refractivity contribution in [2.45, 2.75) is 39.3 Å². The number of carbonyl (C=O) groups excluding carboxylic acids is 2. The van der Waals surface area contributed by atoms with Gasteiger partial charge in [0, 0.05) is 25.1 Å². The average Bonchev–Trinajstić information content (AvgIpc) is 2.76. The number of fused-ring (bicyclic) bond motifs is 1. The minimum atomic E-state index is -0.690. The van der Waals surface area contributed by atoms with E-state index in [9.17, 15) is 14.0 Å². The van der Waals surface area contributed by atoms with E-state index >= 15 is 0 Å². The zero-order chi connectivity index (χ0) is 21.5. The third-order valence-electron chi connectivity index (χ3n) is 5.30. The van der Waals surface area contributed by atoms with Gasteiger partial charge in [-0.15, -0.1) is 0 Å². The van der Waals surface area contributed by atoms with Crippen LogP contribution in [0.2, 0.25) is 0 Å². The summed E-state index contributed by atoms with van der Waals surface area (Å²) in [6, 6.07) is 19.8. The fourth-order valence-electron chi connectivity index (χ4n) is 3.61. The second-order valence-corrected chi connectivity index (χ2v) is 7.32. The minimum absolute atomic E-state index is 0.0549. The predicted octanol–water partition coefficient (Wildman–Crippen LogP) is 4.46. The van der Waals surface area contributed by atoms with Gasteiger partial charge in [0.15, 0.2) is 0 Å². The number of hydrogen-bond donors (Lipinski definition) is 1. The molecule has 3 aromatic rings. The smallest absolute Gasteiger partial charge is 0.242 e. The lowest BCUT2D eigenvalue weighted by Gasteiger charge is -2.29. The molecule has 0 spiro atoms. The summed E-state index contributed by atoms with van der Waals surface area (Å²) in [6.07, 6.45) is 0.794. The Bertz CT molecular complexity index is 1030. The number of nitrogens with one attached hydrogen (secondary N) is 1. The Balaban J connectivity index is 1.80. The number of halogens is 1. The van der Waals surface area contributed by atoms with Crippen molar-refractivity contribution < 1.29 is 14.0 Å². The third-order valence-corrected chi connectivity index (χ3v) is 5.30. The zero-order valence-electron chi connectivity index (χ0n) is 17.4. The Morgan fingerprint density at radius 3 is 2.40 bits per heavy atom. The van der Waals surface area contributed by atoms with Gasteiger partial charge < -0.3 is 10.2 Å². The molecular weight excluding hydrogens is 379 g/mol. The SMILES string of the molecule is CCNC(=O)C(C)N(Cc1ccccc1F)C(=O)CCc1cccc2ccccc12. The lowest BCUT2D eigenvalue weighted by atomic mass is 10.0. The Morgan fingerprint density at radius 1 is 0.967 bits per heavy atom. The molecule has 1 N–H and O–H groups in total. The third kappa shape index (κ3) is 5.03. The van der Waals surface area contributed by atoms with Crippen LogP contribution < -0.4 is 5.32 Å². The molecule has 3 rings (SSSR count). The Hall–Kier alpha value is -3.21. The lowest BCUT2D eigenvalue weighted by Crippen LogP contribution is -2.47. The van der Waals surface area contributed by atoms with Crippen molar-refractivity contribution in [1.29, 1.82) is 0 Å². The van der Waals surface area contributed by atoms with Crippen LogP contribution in [0.3, 0.4) is 0 Å². The van der Waals surface area contributed by atoms with Gasteiger partial charge in [0.25, 0.3) is 0 Å². The van der Waals surface area contributed by atoms with Gasteiger partial charge in [0.05, 0.1) is 0 Å². The number of benzene rings is 3. The molecule has 5 heteroatoms. The molecule has 0 aliphatic rings. The monoisotopic (exact) mass is 406 g/mol. The van der Waals surface area contributed by atoms with E-state index in [1.54, 1.807) is 25.1 Å². The van der Waals surface area contributed by atoms with Gasteiger partial charge in [-0.3, -0.25) is 9.59 Å². The molecule has 30 heavy (non-hydrogen) atoms. The van der Waals surface area contributed by atoms with Crippen molar-refractivity contribution in [1.82, 2.24) is 10.2 Å². The first-order valence-electron chi connectivity index (χ1n) is 10.3. The topological polar surface area (TPSA) is 49.4 Å². The first-order valence-corrected chi connectivity index (χ1v) is 10.3. The van der Waals surface area contributed by atoms with Crippen molar-refractivity contribution in [3.05, 3.63) is 83.7 Å². The normalized spacial score (nSPS) is 11.8. The molecule has 4 nitrogen and oxygen atoms in total. The van der Waals surface area contributed by atoms with Crippen molar-refractivity contribution in [3.8, 4) is 0 Å². The molecule has 0 aliphatic carbocycles. The molecule has 0 saturated heterocycles. The van der Waals surface area contributed by atoms with Gasteiger partial charge in [-0.25, -0.2) is 4.39 Å². The Morgan fingerprint density at radius 2 is 1.63 bits per heavy atom. The van der Waals surface area contributed by atoms with Crippen LogP contribution in [0.4, 0.5) is 4.39 Å². The molecule has 0 bridgehead atoms. The van der Waals surface area contributed by atoms with E-state index in [2.05, 4.69) is 5.32 Å². The van der Waals surface area contributed by atoms with Crippen LogP contribution in [0.1, 0.15) is 31.4 Å². The van der Waals surface area contributed by atoms with Gasteiger partial charge in [-0.2, -0.15) is 0 Å². The van der Waals surface area contributed by atoms with Crippen LogP contribution in [0.15, 0.2) is 66.7 Å². The molecule has 0 saturated carbocycles. The van der Waals surface area contributed by atoms with E-state index < -0.39 is 6.04 Å². The quantitative estimate of drug-likeness (QED) is 0.600. The maximum Gasteiger partial charge on any atom is 0.242 e. The van der Waals surface area contributed by atoms with Gasteiger partial charge in [0.2, 0.25) is 11.8 Å². The van der Waals surface area contributed by atoms with Gasteiger partial charge in [-0.05, 0) is 42.7 Å². The summed E-state index contributed by atoms with van der Waals surface area (Å²) in [5.41, 5.74) is 1.48. The Labute approximate surface area is 176 Å². The second kappa shape index (κ2) is 10.0. The zero-order valence-corrected chi connectivity index (χ0v) is 17.4. The number of amides is 2. The summed E-state index contributed by atoms with van der Waals surface area (Å²) in [5.74, 6) is -0.801. The van der Waals surface area contributed by atoms with E-state index in [-0.39, 0.29) is 30.6 Å². The number of carbonyl (C=O) groups is 2. The second-order valence-electron chi connectivity index (χ2n) is 7.32. The molecule has 1 unspecified atom stereocenters. The standard InChI is InChI=1S/C25H27FN2O2/c1-3-27-25(30)18(2)28(17-21-10-5-7-14-23(21)26)24(29)16-15-20-12-8-11-19-9-4-6-13-22(19)20/h4-14,18H,3,15-17H2,1-2H3,(H,27,30). The van der Waals surface area contributed by atoms with Crippen LogP contribution in [0.5, 0.6) is 0 Å². The maximum absolute atomic E-state index is 14.2. The average molecular weight is 407 g/mol. The molecule has 1 atom stereocenters. The molecule has 156 valence electrons. The van der Waals surface area contributed by atoms with E-state index in [0.29, 0.717) is 18.5 Å².